The molecule has 5 heterocycles. The van der Waals surface area contributed by atoms with E-state index in [-0.39, 0.29) is 28.4 Å². The Bertz CT molecular complexity index is 1130. The fraction of sp³-hybridized carbons (Fsp3) is 0.381. The Morgan fingerprint density at radius 2 is 1.90 bits per heavy atom. The maximum Gasteiger partial charge on any atom is 0.433 e. The van der Waals surface area contributed by atoms with Gasteiger partial charge >= 0.3 is 6.18 Å². The summed E-state index contributed by atoms with van der Waals surface area (Å²) < 4.78 is 40.7. The van der Waals surface area contributed by atoms with E-state index in [4.69, 9.17) is 0 Å². The fourth-order valence-electron chi connectivity index (χ4n) is 4.56. The molecule has 10 heteroatoms. The summed E-state index contributed by atoms with van der Waals surface area (Å²) in [6.45, 7) is 2.68. The van der Waals surface area contributed by atoms with Gasteiger partial charge in [-0.05, 0) is 62.2 Å². The van der Waals surface area contributed by atoms with Gasteiger partial charge in [-0.3, -0.25) is 9.89 Å². The number of benzene rings is 1. The quantitative estimate of drug-likeness (QED) is 0.592. The lowest BCUT2D eigenvalue weighted by Crippen LogP contribution is -2.57. The molecule has 0 unspecified atom stereocenters. The smallest absolute Gasteiger partial charge is 0.433 e. The van der Waals surface area contributed by atoms with Gasteiger partial charge in [0.05, 0.1) is 16.6 Å². The summed E-state index contributed by atoms with van der Waals surface area (Å²) in [4.78, 5) is 19.7. The number of alkyl halides is 3. The van der Waals surface area contributed by atoms with Crippen molar-refractivity contribution in [3.63, 3.8) is 0 Å². The zero-order valence-electron chi connectivity index (χ0n) is 16.4. The number of piperidine rings is 3. The van der Waals surface area contributed by atoms with Gasteiger partial charge in [0.1, 0.15) is 11.4 Å². The number of hydrogen-bond acceptors (Lipinski definition) is 5. The number of aromatic nitrogens is 3. The Morgan fingerprint density at radius 1 is 1.19 bits per heavy atom. The van der Waals surface area contributed by atoms with Crippen molar-refractivity contribution in [2.24, 2.45) is 5.92 Å². The van der Waals surface area contributed by atoms with Crippen molar-refractivity contribution >= 4 is 16.9 Å². The minimum absolute atomic E-state index is 0.0456. The fourth-order valence-corrected chi connectivity index (χ4v) is 4.56. The highest BCUT2D eigenvalue weighted by molar-refractivity contribution is 6.07. The van der Waals surface area contributed by atoms with Gasteiger partial charge in [0, 0.05) is 18.2 Å². The molecule has 0 saturated carbocycles. The number of hydrogen-bond donors (Lipinski definition) is 3. The van der Waals surface area contributed by atoms with Crippen molar-refractivity contribution in [3.05, 3.63) is 41.6 Å². The van der Waals surface area contributed by atoms with E-state index in [0.29, 0.717) is 23.7 Å². The minimum atomic E-state index is -4.71. The number of carbonyl (C=O) groups is 1. The number of rotatable bonds is 3. The summed E-state index contributed by atoms with van der Waals surface area (Å²) in [5.74, 6) is -0.198. The molecule has 3 N–H and O–H groups in total. The van der Waals surface area contributed by atoms with Crippen molar-refractivity contribution in [2.45, 2.75) is 25.1 Å². The number of nitrogens with one attached hydrogen (secondary N) is 2. The van der Waals surface area contributed by atoms with Crippen LogP contribution in [0.15, 0.2) is 30.3 Å². The number of amides is 1. The van der Waals surface area contributed by atoms with E-state index in [0.717, 1.165) is 25.9 Å². The second kappa shape index (κ2) is 7.23. The van der Waals surface area contributed by atoms with Crippen LogP contribution >= 0.6 is 0 Å². The summed E-state index contributed by atoms with van der Waals surface area (Å²) >= 11 is 0. The van der Waals surface area contributed by atoms with Crippen LogP contribution in [0.1, 0.15) is 28.9 Å². The normalized spacial score (nSPS) is 23.3. The number of phenols is 1. The van der Waals surface area contributed by atoms with Crippen LogP contribution in [0, 0.1) is 5.92 Å². The number of halogens is 3. The van der Waals surface area contributed by atoms with Gasteiger partial charge in [-0.2, -0.15) is 18.3 Å². The van der Waals surface area contributed by atoms with Crippen LogP contribution in [-0.2, 0) is 6.18 Å². The van der Waals surface area contributed by atoms with Crippen molar-refractivity contribution in [3.8, 4) is 17.0 Å². The molecule has 3 fully saturated rings. The zero-order valence-corrected chi connectivity index (χ0v) is 16.4. The lowest BCUT2D eigenvalue weighted by atomic mass is 9.84. The zero-order chi connectivity index (χ0) is 21.8. The van der Waals surface area contributed by atoms with Crippen molar-refractivity contribution in [1.82, 2.24) is 25.4 Å². The van der Waals surface area contributed by atoms with E-state index in [1.807, 2.05) is 5.10 Å². The van der Waals surface area contributed by atoms with Gasteiger partial charge in [0.15, 0.2) is 5.65 Å². The van der Waals surface area contributed by atoms with Gasteiger partial charge in [0.25, 0.3) is 5.91 Å². The Balaban J connectivity index is 1.58. The number of pyridine rings is 1. The second-order valence-corrected chi connectivity index (χ2v) is 8.11. The van der Waals surface area contributed by atoms with E-state index < -0.39 is 17.8 Å². The molecule has 7 nitrogen and oxygen atoms in total. The Kier molecular flexibility index (Phi) is 4.62. The largest absolute Gasteiger partial charge is 0.508 e. The first-order chi connectivity index (χ1) is 14.8. The molecule has 2 bridgehead atoms. The Hall–Kier alpha value is -3.14. The van der Waals surface area contributed by atoms with Gasteiger partial charge in [-0.1, -0.05) is 0 Å². The summed E-state index contributed by atoms with van der Waals surface area (Å²) in [5, 5.41) is 17.9. The van der Waals surface area contributed by atoms with Crippen LogP contribution in [0.25, 0.3) is 22.3 Å². The van der Waals surface area contributed by atoms with Gasteiger partial charge in [-0.25, -0.2) is 4.98 Å². The van der Waals surface area contributed by atoms with Crippen molar-refractivity contribution < 1.29 is 23.1 Å². The molecular formula is C21H20F3N5O2. The molecule has 0 spiro atoms. The third-order valence-corrected chi connectivity index (χ3v) is 6.19. The SMILES string of the molecule is O=C(N[C@@H]1CN2CCC1CC2)c1cc(-c2ccc(O)cc2)nc2n[nH]c(C(F)(F)F)c12. The number of H-pyrrole nitrogens is 1. The van der Waals surface area contributed by atoms with E-state index >= 15 is 0 Å². The van der Waals surface area contributed by atoms with E-state index in [1.54, 1.807) is 12.1 Å². The molecule has 3 aromatic rings. The van der Waals surface area contributed by atoms with Crippen LogP contribution in [-0.4, -0.2) is 56.8 Å². The van der Waals surface area contributed by atoms with Crippen molar-refractivity contribution in [1.29, 1.82) is 0 Å². The number of fused-ring (bicyclic) bond motifs is 4. The highest BCUT2D eigenvalue weighted by Gasteiger charge is 2.39. The minimum Gasteiger partial charge on any atom is -0.508 e. The number of nitrogens with zero attached hydrogens (tertiary/aromatic N) is 3. The monoisotopic (exact) mass is 431 g/mol. The Morgan fingerprint density at radius 3 is 2.52 bits per heavy atom. The lowest BCUT2D eigenvalue weighted by Gasteiger charge is -2.44. The molecule has 0 aliphatic carbocycles. The van der Waals surface area contributed by atoms with Crippen LogP contribution in [0.5, 0.6) is 5.75 Å². The summed E-state index contributed by atoms with van der Waals surface area (Å²) in [6, 6.07) is 7.30. The summed E-state index contributed by atoms with van der Waals surface area (Å²) in [6.07, 6.45) is -2.77. The van der Waals surface area contributed by atoms with Gasteiger partial charge in [-0.15, -0.1) is 0 Å². The first-order valence-electron chi connectivity index (χ1n) is 10.1. The maximum atomic E-state index is 13.6. The summed E-state index contributed by atoms with van der Waals surface area (Å²) in [5.41, 5.74) is -0.547. The maximum absolute atomic E-state index is 13.6. The topological polar surface area (TPSA) is 94.1 Å². The molecule has 162 valence electrons. The summed E-state index contributed by atoms with van der Waals surface area (Å²) in [7, 11) is 0. The van der Waals surface area contributed by atoms with Gasteiger partial charge < -0.3 is 15.3 Å². The molecule has 1 amide bonds. The molecule has 1 aromatic carbocycles. The molecule has 3 aliphatic heterocycles. The number of aromatic amines is 1. The molecule has 31 heavy (non-hydrogen) atoms. The molecule has 3 aliphatic rings. The number of phenolic OH excluding ortho intramolecular Hbond substituents is 1. The molecular weight excluding hydrogens is 411 g/mol. The van der Waals surface area contributed by atoms with Crippen molar-refractivity contribution in [2.75, 3.05) is 19.6 Å². The first-order valence-corrected chi connectivity index (χ1v) is 10.1. The van der Waals surface area contributed by atoms with E-state index in [1.165, 1.54) is 18.2 Å². The highest BCUT2D eigenvalue weighted by Crippen LogP contribution is 2.36. The predicted octanol–water partition coefficient (Wildman–Crippen LogP) is 3.17. The van der Waals surface area contributed by atoms with Gasteiger partial charge in [0.2, 0.25) is 0 Å². The van der Waals surface area contributed by atoms with Crippen LogP contribution in [0.4, 0.5) is 13.2 Å². The molecule has 0 radical (unpaired) electrons. The molecule has 3 saturated heterocycles. The number of aromatic hydroxyl groups is 1. The third-order valence-electron chi connectivity index (χ3n) is 6.19. The second-order valence-electron chi connectivity index (χ2n) is 8.11. The molecule has 2 aromatic heterocycles. The molecule has 6 rings (SSSR count). The van der Waals surface area contributed by atoms with E-state index in [9.17, 15) is 23.1 Å². The van der Waals surface area contributed by atoms with Crippen LogP contribution in [0.3, 0.4) is 0 Å². The predicted molar refractivity (Wildman–Crippen MR) is 106 cm³/mol. The standard InChI is InChI=1S/C21H20F3N5O2/c22-21(23,24)18-17-14(20(31)26-16-10-29-7-5-12(16)6-8-29)9-15(25-19(17)28-27-18)11-1-3-13(30)4-2-11/h1-4,9,12,16,30H,5-8,10H2,(H,26,31)(H,25,27,28)/t16-/m1/s1. The first kappa shape index (κ1) is 19.8. The Labute approximate surface area is 175 Å². The average Bonchev–Trinajstić information content (AvgIpc) is 3.19. The molecule has 1 atom stereocenters. The van der Waals surface area contributed by atoms with Crippen LogP contribution < -0.4 is 5.32 Å². The third kappa shape index (κ3) is 3.60. The lowest BCUT2D eigenvalue weighted by molar-refractivity contribution is -0.139. The highest BCUT2D eigenvalue weighted by atomic mass is 19.4. The average molecular weight is 431 g/mol. The van der Waals surface area contributed by atoms with Crippen LogP contribution in [0.2, 0.25) is 0 Å². The number of carbonyl (C=O) groups excluding carboxylic acids is 1. The van der Waals surface area contributed by atoms with E-state index in [2.05, 4.69) is 20.3 Å².